The van der Waals surface area contributed by atoms with Crippen molar-refractivity contribution in [2.75, 3.05) is 0 Å². The molecule has 0 atom stereocenters. The van der Waals surface area contributed by atoms with Gasteiger partial charge in [0.25, 0.3) is 0 Å². The average Bonchev–Trinajstić information content (AvgIpc) is 3.01. The monoisotopic (exact) mass is 354 g/mol. The van der Waals surface area contributed by atoms with Crippen molar-refractivity contribution < 1.29 is 0 Å². The maximum Gasteiger partial charge on any atom is 0.187 e. The molecule has 134 valence electrons. The van der Waals surface area contributed by atoms with Crippen LogP contribution in [0.25, 0.3) is 16.9 Å². The van der Waals surface area contributed by atoms with Crippen molar-refractivity contribution >= 4 is 17.2 Å². The number of benzene rings is 2. The van der Waals surface area contributed by atoms with Crippen LogP contribution in [0.1, 0.15) is 22.3 Å². The van der Waals surface area contributed by atoms with Crippen LogP contribution in [0.4, 0.5) is 11.5 Å². The highest BCUT2D eigenvalue weighted by Gasteiger charge is 2.14. The summed E-state index contributed by atoms with van der Waals surface area (Å²) in [7, 11) is 0. The van der Waals surface area contributed by atoms with Gasteiger partial charge in [-0.3, -0.25) is 4.40 Å². The Morgan fingerprint density at radius 1 is 0.778 bits per heavy atom. The van der Waals surface area contributed by atoms with Crippen molar-refractivity contribution in [2.45, 2.75) is 27.7 Å². The zero-order chi connectivity index (χ0) is 19.0. The minimum atomic E-state index is 0.749. The molecule has 4 rings (SSSR count). The predicted molar refractivity (Wildman–Crippen MR) is 110 cm³/mol. The van der Waals surface area contributed by atoms with Crippen LogP contribution in [0.3, 0.4) is 0 Å². The van der Waals surface area contributed by atoms with Crippen molar-refractivity contribution in [3.63, 3.8) is 0 Å². The molecule has 2 aromatic heterocycles. The SMILES string of the molecule is Cc1ccc(-c2nc3ccc(C)cn3c2N=Nc2cccc(C)c2C)cc1. The van der Waals surface area contributed by atoms with Gasteiger partial charge in [-0.1, -0.05) is 48.0 Å². The molecule has 0 fully saturated rings. The Bertz CT molecular complexity index is 1150. The molecular formula is C23H22N4. The van der Waals surface area contributed by atoms with Gasteiger partial charge in [0.2, 0.25) is 0 Å². The van der Waals surface area contributed by atoms with Gasteiger partial charge in [0.1, 0.15) is 11.3 Å². The summed E-state index contributed by atoms with van der Waals surface area (Å²) in [5.74, 6) is 0.749. The predicted octanol–water partition coefficient (Wildman–Crippen LogP) is 6.65. The van der Waals surface area contributed by atoms with Crippen molar-refractivity contribution in [3.8, 4) is 11.3 Å². The number of aryl methyl sites for hydroxylation is 3. The van der Waals surface area contributed by atoms with Gasteiger partial charge >= 0.3 is 0 Å². The fraction of sp³-hybridized carbons (Fsp3) is 0.174. The van der Waals surface area contributed by atoms with Crippen LogP contribution >= 0.6 is 0 Å². The summed E-state index contributed by atoms with van der Waals surface area (Å²) in [5, 5.41) is 9.19. The van der Waals surface area contributed by atoms with Crippen LogP contribution in [0.15, 0.2) is 71.0 Å². The van der Waals surface area contributed by atoms with Crippen molar-refractivity contribution in [1.29, 1.82) is 0 Å². The topological polar surface area (TPSA) is 42.0 Å². The minimum absolute atomic E-state index is 0.749. The first-order valence-corrected chi connectivity index (χ1v) is 9.06. The molecule has 2 aromatic carbocycles. The third kappa shape index (κ3) is 3.26. The van der Waals surface area contributed by atoms with Gasteiger partial charge in [-0.15, -0.1) is 10.2 Å². The highest BCUT2D eigenvalue weighted by molar-refractivity contribution is 5.74. The summed E-state index contributed by atoms with van der Waals surface area (Å²) in [6.45, 7) is 8.31. The molecule has 4 aromatic rings. The molecule has 4 nitrogen and oxygen atoms in total. The summed E-state index contributed by atoms with van der Waals surface area (Å²) in [6, 6.07) is 18.5. The first kappa shape index (κ1) is 17.2. The van der Waals surface area contributed by atoms with Gasteiger partial charge in [0, 0.05) is 11.8 Å². The molecule has 0 spiro atoms. The van der Waals surface area contributed by atoms with E-state index < -0.39 is 0 Å². The van der Waals surface area contributed by atoms with E-state index in [1.54, 1.807) is 0 Å². The lowest BCUT2D eigenvalue weighted by molar-refractivity contribution is 1.09. The molecular weight excluding hydrogens is 332 g/mol. The second kappa shape index (κ2) is 6.80. The third-order valence-electron chi connectivity index (χ3n) is 4.89. The first-order chi connectivity index (χ1) is 13.0. The lowest BCUT2D eigenvalue weighted by atomic mass is 10.1. The Balaban J connectivity index is 1.90. The van der Waals surface area contributed by atoms with E-state index in [4.69, 9.17) is 4.98 Å². The second-order valence-corrected chi connectivity index (χ2v) is 7.00. The summed E-state index contributed by atoms with van der Waals surface area (Å²) >= 11 is 0. The van der Waals surface area contributed by atoms with Crippen LogP contribution in [0.2, 0.25) is 0 Å². The molecule has 0 unspecified atom stereocenters. The van der Waals surface area contributed by atoms with Gasteiger partial charge in [-0.25, -0.2) is 4.98 Å². The quantitative estimate of drug-likeness (QED) is 0.380. The van der Waals surface area contributed by atoms with E-state index in [1.807, 2.05) is 22.6 Å². The number of hydrogen-bond donors (Lipinski definition) is 0. The summed E-state index contributed by atoms with van der Waals surface area (Å²) in [6.07, 6.45) is 2.05. The fourth-order valence-electron chi connectivity index (χ4n) is 3.08. The molecule has 0 aliphatic heterocycles. The largest absolute Gasteiger partial charge is 0.282 e. The highest BCUT2D eigenvalue weighted by atomic mass is 15.2. The van der Waals surface area contributed by atoms with Crippen LogP contribution < -0.4 is 0 Å². The Kier molecular flexibility index (Phi) is 4.32. The third-order valence-corrected chi connectivity index (χ3v) is 4.89. The zero-order valence-corrected chi connectivity index (χ0v) is 16.1. The van der Waals surface area contributed by atoms with E-state index in [-0.39, 0.29) is 0 Å². The van der Waals surface area contributed by atoms with E-state index in [0.717, 1.165) is 39.5 Å². The maximum atomic E-state index is 4.82. The first-order valence-electron chi connectivity index (χ1n) is 9.06. The minimum Gasteiger partial charge on any atom is -0.282 e. The molecule has 0 aliphatic carbocycles. The molecule has 0 amide bonds. The van der Waals surface area contributed by atoms with E-state index in [9.17, 15) is 0 Å². The van der Waals surface area contributed by atoms with Gasteiger partial charge in [0.05, 0.1) is 5.69 Å². The number of pyridine rings is 1. The molecule has 0 saturated heterocycles. The molecule has 0 radical (unpaired) electrons. The van der Waals surface area contributed by atoms with Crippen molar-refractivity contribution in [1.82, 2.24) is 9.38 Å². The fourth-order valence-corrected chi connectivity index (χ4v) is 3.08. The number of imidazole rings is 1. The Morgan fingerprint density at radius 3 is 2.30 bits per heavy atom. The molecule has 27 heavy (non-hydrogen) atoms. The van der Waals surface area contributed by atoms with Crippen LogP contribution in [0, 0.1) is 27.7 Å². The number of fused-ring (bicyclic) bond motifs is 1. The molecule has 2 heterocycles. The van der Waals surface area contributed by atoms with Crippen molar-refractivity contribution in [3.05, 3.63) is 83.0 Å². The van der Waals surface area contributed by atoms with Crippen LogP contribution in [-0.4, -0.2) is 9.38 Å². The normalized spacial score (nSPS) is 11.6. The highest BCUT2D eigenvalue weighted by Crippen LogP contribution is 2.33. The van der Waals surface area contributed by atoms with Gasteiger partial charge in [-0.2, -0.15) is 0 Å². The smallest absolute Gasteiger partial charge is 0.187 e. The number of nitrogens with zero attached hydrogens (tertiary/aromatic N) is 4. The molecule has 0 aliphatic rings. The Morgan fingerprint density at radius 2 is 1.52 bits per heavy atom. The number of aromatic nitrogens is 2. The lowest BCUT2D eigenvalue weighted by Gasteiger charge is -2.04. The zero-order valence-electron chi connectivity index (χ0n) is 16.1. The number of hydrogen-bond acceptors (Lipinski definition) is 3. The van der Waals surface area contributed by atoms with Crippen LogP contribution in [0.5, 0.6) is 0 Å². The van der Waals surface area contributed by atoms with E-state index >= 15 is 0 Å². The number of azo groups is 1. The van der Waals surface area contributed by atoms with Crippen molar-refractivity contribution in [2.24, 2.45) is 10.2 Å². The standard InChI is InChI=1S/C23H22N4/c1-15-8-11-19(12-9-15)22-23(27-14-16(2)10-13-21(27)24-22)26-25-20-7-5-6-17(3)18(20)4/h5-14H,1-4H3. The Hall–Kier alpha value is -3.27. The molecule has 4 heteroatoms. The van der Waals surface area contributed by atoms with Crippen LogP contribution in [-0.2, 0) is 0 Å². The average molecular weight is 354 g/mol. The van der Waals surface area contributed by atoms with Gasteiger partial charge in [-0.05, 0) is 56.5 Å². The van der Waals surface area contributed by atoms with E-state index in [2.05, 4.69) is 80.5 Å². The Labute approximate surface area is 159 Å². The molecule has 0 N–H and O–H groups in total. The molecule has 0 bridgehead atoms. The summed E-state index contributed by atoms with van der Waals surface area (Å²) < 4.78 is 2.01. The summed E-state index contributed by atoms with van der Waals surface area (Å²) in [4.78, 5) is 4.82. The van der Waals surface area contributed by atoms with E-state index in [1.165, 1.54) is 11.1 Å². The lowest BCUT2D eigenvalue weighted by Crippen LogP contribution is -1.85. The van der Waals surface area contributed by atoms with Gasteiger partial charge in [0.15, 0.2) is 5.82 Å². The summed E-state index contributed by atoms with van der Waals surface area (Å²) in [5.41, 5.74) is 8.35. The number of rotatable bonds is 3. The van der Waals surface area contributed by atoms with E-state index in [0.29, 0.717) is 0 Å². The maximum absolute atomic E-state index is 4.82. The molecule has 0 saturated carbocycles. The van der Waals surface area contributed by atoms with Gasteiger partial charge < -0.3 is 0 Å². The second-order valence-electron chi connectivity index (χ2n) is 7.00.